The number of methoxy groups -OCH3 is 2. The quantitative estimate of drug-likeness (QED) is 0.400. The molecule has 0 saturated heterocycles. The molecule has 0 saturated carbocycles. The third-order valence-corrected chi connectivity index (χ3v) is 6.85. The molecule has 0 aliphatic carbocycles. The number of thiophene rings is 1. The number of hydrogen-bond donors (Lipinski definition) is 1. The number of benzene rings is 1. The summed E-state index contributed by atoms with van der Waals surface area (Å²) in [6.07, 6.45) is 2.47. The van der Waals surface area contributed by atoms with Crippen molar-refractivity contribution in [3.8, 4) is 5.88 Å². The number of fused-ring (bicyclic) bond motifs is 1. The second-order valence-electron chi connectivity index (χ2n) is 6.71. The third-order valence-electron chi connectivity index (χ3n) is 4.52. The van der Waals surface area contributed by atoms with Crippen molar-refractivity contribution >= 4 is 55.5 Å². The number of amides is 1. The Hall–Kier alpha value is -2.59. The molecule has 1 N–H and O–H groups in total. The van der Waals surface area contributed by atoms with E-state index >= 15 is 0 Å². The van der Waals surface area contributed by atoms with Gasteiger partial charge in [0.1, 0.15) is 11.4 Å². The van der Waals surface area contributed by atoms with Gasteiger partial charge in [0.05, 0.1) is 17.4 Å². The van der Waals surface area contributed by atoms with Crippen molar-refractivity contribution in [2.45, 2.75) is 20.0 Å². The summed E-state index contributed by atoms with van der Waals surface area (Å²) in [6, 6.07) is 7.69. The monoisotopic (exact) mass is 474 g/mol. The largest absolute Gasteiger partial charge is 0.480 e. The number of ether oxygens (including phenoxy) is 2. The molecule has 4 aromatic rings. The van der Waals surface area contributed by atoms with Crippen LogP contribution in [0, 0.1) is 6.92 Å². The zero-order chi connectivity index (χ0) is 22.0. The molecule has 3 heterocycles. The molecule has 0 aliphatic heterocycles. The molecule has 0 unspecified atom stereocenters. The highest BCUT2D eigenvalue weighted by Gasteiger charge is 2.22. The maximum absolute atomic E-state index is 13.0. The number of halogens is 1. The van der Waals surface area contributed by atoms with Crippen LogP contribution < -0.4 is 10.1 Å². The van der Waals surface area contributed by atoms with E-state index in [0.29, 0.717) is 38.0 Å². The van der Waals surface area contributed by atoms with Crippen molar-refractivity contribution < 1.29 is 14.3 Å². The normalized spacial score (nSPS) is 11.1. The van der Waals surface area contributed by atoms with E-state index in [-0.39, 0.29) is 12.5 Å². The number of nitrogens with zero attached hydrogens (tertiary/aromatic N) is 3. The summed E-state index contributed by atoms with van der Waals surface area (Å²) < 4.78 is 10.5. The van der Waals surface area contributed by atoms with Gasteiger partial charge in [-0.25, -0.2) is 9.97 Å². The average molecular weight is 475 g/mol. The van der Waals surface area contributed by atoms with Crippen LogP contribution in [0.5, 0.6) is 5.88 Å². The Morgan fingerprint density at radius 3 is 2.81 bits per heavy atom. The van der Waals surface area contributed by atoms with Gasteiger partial charge in [0.15, 0.2) is 11.0 Å². The highest BCUT2D eigenvalue weighted by atomic mass is 35.5. The molecular weight excluding hydrogens is 456 g/mol. The van der Waals surface area contributed by atoms with Crippen LogP contribution in [0.1, 0.15) is 31.5 Å². The smallest absolute Gasteiger partial charge is 0.267 e. The average Bonchev–Trinajstić information content (AvgIpc) is 3.31. The summed E-state index contributed by atoms with van der Waals surface area (Å²) in [4.78, 5) is 28.4. The molecule has 7 nitrogen and oxygen atoms in total. The van der Waals surface area contributed by atoms with E-state index in [1.54, 1.807) is 20.4 Å². The lowest BCUT2D eigenvalue weighted by atomic mass is 10.1. The van der Waals surface area contributed by atoms with Gasteiger partial charge in [-0.05, 0) is 30.2 Å². The van der Waals surface area contributed by atoms with Gasteiger partial charge in [-0.3, -0.25) is 10.1 Å². The zero-order valence-corrected chi connectivity index (χ0v) is 19.5. The van der Waals surface area contributed by atoms with Crippen molar-refractivity contribution in [2.75, 3.05) is 19.5 Å². The van der Waals surface area contributed by atoms with Gasteiger partial charge in [-0.15, -0.1) is 22.7 Å². The fourth-order valence-corrected chi connectivity index (χ4v) is 5.29. The molecular formula is C21H19ClN4O3S2. The van der Waals surface area contributed by atoms with Gasteiger partial charge >= 0.3 is 0 Å². The molecule has 0 fully saturated rings. The maximum atomic E-state index is 13.0. The molecule has 0 radical (unpaired) electrons. The lowest BCUT2D eigenvalue weighted by Gasteiger charge is -2.05. The second-order valence-corrected chi connectivity index (χ2v) is 9.26. The minimum absolute atomic E-state index is 0.237. The molecule has 4 rings (SSSR count). The van der Waals surface area contributed by atoms with E-state index < -0.39 is 0 Å². The van der Waals surface area contributed by atoms with Gasteiger partial charge in [0.2, 0.25) is 5.88 Å². The fraction of sp³-hybridized carbons (Fsp3) is 0.238. The molecule has 0 spiro atoms. The summed E-state index contributed by atoms with van der Waals surface area (Å²) in [5.74, 6) is 0.702. The Morgan fingerprint density at radius 2 is 2.06 bits per heavy atom. The van der Waals surface area contributed by atoms with E-state index in [0.717, 1.165) is 21.4 Å². The maximum Gasteiger partial charge on any atom is 0.267 e. The number of nitrogens with one attached hydrogen (secondary N) is 1. The number of aryl methyl sites for hydroxylation is 1. The van der Waals surface area contributed by atoms with Gasteiger partial charge in [0, 0.05) is 29.6 Å². The van der Waals surface area contributed by atoms with Crippen LogP contribution in [-0.4, -0.2) is 35.1 Å². The number of thiazole rings is 1. The van der Waals surface area contributed by atoms with Crippen molar-refractivity contribution in [3.63, 3.8) is 0 Å². The Labute approximate surface area is 192 Å². The summed E-state index contributed by atoms with van der Waals surface area (Å²) >= 11 is 8.79. The minimum Gasteiger partial charge on any atom is -0.480 e. The number of aromatic nitrogens is 3. The predicted octanol–water partition coefficient (Wildman–Crippen LogP) is 5.11. The number of hydrogen-bond acceptors (Lipinski definition) is 8. The summed E-state index contributed by atoms with van der Waals surface area (Å²) in [5, 5.41) is 4.86. The van der Waals surface area contributed by atoms with Gasteiger partial charge in [-0.2, -0.15) is 4.98 Å². The lowest BCUT2D eigenvalue weighted by molar-refractivity contribution is 0.103. The molecule has 10 heteroatoms. The second kappa shape index (κ2) is 9.27. The SMILES string of the molecule is COCc1nc(OC)c2c(C)c(C(=O)Nc3ncc(Cc4cccc(Cl)c4)s3)sc2n1. The van der Waals surface area contributed by atoms with Crippen molar-refractivity contribution in [2.24, 2.45) is 0 Å². The molecule has 1 amide bonds. The zero-order valence-electron chi connectivity index (χ0n) is 17.1. The Morgan fingerprint density at radius 1 is 1.23 bits per heavy atom. The van der Waals surface area contributed by atoms with Crippen molar-refractivity contribution in [1.82, 2.24) is 15.0 Å². The molecule has 31 heavy (non-hydrogen) atoms. The predicted molar refractivity (Wildman–Crippen MR) is 124 cm³/mol. The highest BCUT2D eigenvalue weighted by Crippen LogP contribution is 2.35. The van der Waals surface area contributed by atoms with Crippen LogP contribution in [0.2, 0.25) is 5.02 Å². The highest BCUT2D eigenvalue weighted by molar-refractivity contribution is 7.21. The minimum atomic E-state index is -0.237. The molecule has 0 aliphatic rings. The molecule has 3 aromatic heterocycles. The van der Waals surface area contributed by atoms with Crippen LogP contribution >= 0.6 is 34.3 Å². The summed E-state index contributed by atoms with van der Waals surface area (Å²) in [6.45, 7) is 2.13. The van der Waals surface area contributed by atoms with E-state index in [1.807, 2.05) is 31.2 Å². The fourth-order valence-electron chi connectivity index (χ4n) is 3.15. The summed E-state index contributed by atoms with van der Waals surface area (Å²) in [5.41, 5.74) is 1.86. The van der Waals surface area contributed by atoms with Gasteiger partial charge in [-0.1, -0.05) is 23.7 Å². The molecule has 160 valence electrons. The van der Waals surface area contributed by atoms with Crippen molar-refractivity contribution in [1.29, 1.82) is 0 Å². The van der Waals surface area contributed by atoms with E-state index in [2.05, 4.69) is 20.3 Å². The first-order chi connectivity index (χ1) is 15.0. The third kappa shape index (κ3) is 4.69. The number of rotatable bonds is 7. The van der Waals surface area contributed by atoms with E-state index in [4.69, 9.17) is 21.1 Å². The molecule has 1 aromatic carbocycles. The lowest BCUT2D eigenvalue weighted by Crippen LogP contribution is -2.11. The Balaban J connectivity index is 1.56. The molecule has 0 bridgehead atoms. The van der Waals surface area contributed by atoms with E-state index in [9.17, 15) is 4.79 Å². The van der Waals surface area contributed by atoms with E-state index in [1.165, 1.54) is 22.7 Å². The number of carbonyl (C=O) groups excluding carboxylic acids is 1. The topological polar surface area (TPSA) is 86.2 Å². The number of anilines is 1. The Kier molecular flexibility index (Phi) is 6.47. The molecule has 0 atom stereocenters. The van der Waals surface area contributed by atoms with Crippen LogP contribution in [0.3, 0.4) is 0 Å². The van der Waals surface area contributed by atoms with Crippen LogP contribution in [-0.2, 0) is 17.8 Å². The Bertz CT molecular complexity index is 1250. The first kappa shape index (κ1) is 21.6. The van der Waals surface area contributed by atoms with Crippen LogP contribution in [0.4, 0.5) is 5.13 Å². The van der Waals surface area contributed by atoms with Gasteiger partial charge in [0.25, 0.3) is 5.91 Å². The van der Waals surface area contributed by atoms with Crippen LogP contribution in [0.15, 0.2) is 30.5 Å². The first-order valence-corrected chi connectivity index (χ1v) is 11.3. The van der Waals surface area contributed by atoms with Crippen LogP contribution in [0.25, 0.3) is 10.2 Å². The summed E-state index contributed by atoms with van der Waals surface area (Å²) in [7, 11) is 3.12. The van der Waals surface area contributed by atoms with Crippen molar-refractivity contribution in [3.05, 3.63) is 62.2 Å². The number of carbonyl (C=O) groups is 1. The standard InChI is InChI=1S/C21H19ClN4O3S2/c1-11-16-19(29-3)24-15(10-28-2)25-20(16)31-17(11)18(27)26-21-23-9-14(30-21)8-12-5-4-6-13(22)7-12/h4-7,9H,8,10H2,1-3H3,(H,23,26,27). The van der Waals surface area contributed by atoms with Gasteiger partial charge < -0.3 is 9.47 Å². The first-order valence-electron chi connectivity index (χ1n) is 9.32.